The maximum atomic E-state index is 12.4. The van der Waals surface area contributed by atoms with E-state index in [-0.39, 0.29) is 5.91 Å². The van der Waals surface area contributed by atoms with Gasteiger partial charge in [0.1, 0.15) is 5.69 Å². The molecule has 0 N–H and O–H groups in total. The minimum Gasteiger partial charge on any atom is -0.342 e. The summed E-state index contributed by atoms with van der Waals surface area (Å²) in [7, 11) is 0. The molecule has 0 spiro atoms. The van der Waals surface area contributed by atoms with Gasteiger partial charge in [-0.25, -0.2) is 0 Å². The summed E-state index contributed by atoms with van der Waals surface area (Å²) >= 11 is 5.96. The van der Waals surface area contributed by atoms with E-state index in [1.165, 1.54) is 12.8 Å². The van der Waals surface area contributed by atoms with Crippen LogP contribution in [0, 0.1) is 18.3 Å². The van der Waals surface area contributed by atoms with Crippen molar-refractivity contribution in [2.45, 2.75) is 26.3 Å². The first kappa shape index (κ1) is 13.0. The lowest BCUT2D eigenvalue weighted by Gasteiger charge is -2.20. The maximum absolute atomic E-state index is 12.4. The zero-order valence-electron chi connectivity index (χ0n) is 10.5. The quantitative estimate of drug-likeness (QED) is 0.751. The molecule has 1 aliphatic carbocycles. The molecule has 1 heterocycles. The second kappa shape index (κ2) is 5.49. The van der Waals surface area contributed by atoms with Gasteiger partial charge in [-0.3, -0.25) is 4.79 Å². The van der Waals surface area contributed by atoms with Crippen molar-refractivity contribution in [1.82, 2.24) is 9.47 Å². The Morgan fingerprint density at radius 3 is 2.94 bits per heavy atom. The van der Waals surface area contributed by atoms with Gasteiger partial charge in [-0.1, -0.05) is 17.5 Å². The van der Waals surface area contributed by atoms with E-state index >= 15 is 0 Å². The van der Waals surface area contributed by atoms with E-state index in [2.05, 4.69) is 5.92 Å². The van der Waals surface area contributed by atoms with Crippen LogP contribution in [-0.4, -0.2) is 28.5 Å². The molecule has 2 rings (SSSR count). The van der Waals surface area contributed by atoms with Crippen molar-refractivity contribution in [3.63, 3.8) is 0 Å². The summed E-state index contributed by atoms with van der Waals surface area (Å²) < 4.78 is 1.86. The van der Waals surface area contributed by atoms with Crippen LogP contribution < -0.4 is 0 Å². The number of amides is 1. The highest BCUT2D eigenvalue weighted by Crippen LogP contribution is 2.30. The van der Waals surface area contributed by atoms with E-state index in [4.69, 9.17) is 18.0 Å². The zero-order chi connectivity index (χ0) is 13.1. The fraction of sp³-hybridized carbons (Fsp3) is 0.500. The molecule has 1 aromatic rings. The van der Waals surface area contributed by atoms with Crippen LogP contribution in [0.25, 0.3) is 0 Å². The molecule has 1 saturated carbocycles. The highest BCUT2D eigenvalue weighted by molar-refractivity contribution is 6.31. The first-order valence-corrected chi connectivity index (χ1v) is 6.62. The molecule has 0 aromatic carbocycles. The van der Waals surface area contributed by atoms with Crippen molar-refractivity contribution in [3.8, 4) is 12.3 Å². The second-order valence-electron chi connectivity index (χ2n) is 4.66. The number of hydrogen-bond donors (Lipinski definition) is 0. The van der Waals surface area contributed by atoms with Gasteiger partial charge < -0.3 is 9.47 Å². The fourth-order valence-corrected chi connectivity index (χ4v) is 2.24. The van der Waals surface area contributed by atoms with Gasteiger partial charge in [0.2, 0.25) is 0 Å². The molecular formula is C14H17ClN2O. The van der Waals surface area contributed by atoms with E-state index in [9.17, 15) is 4.79 Å². The molecule has 0 atom stereocenters. The maximum Gasteiger partial charge on any atom is 0.271 e. The Bertz CT molecular complexity index is 482. The number of aryl methyl sites for hydroxylation is 1. The summed E-state index contributed by atoms with van der Waals surface area (Å²) in [5.74, 6) is 3.17. The van der Waals surface area contributed by atoms with Gasteiger partial charge in [0.25, 0.3) is 5.91 Å². The number of carbonyl (C=O) groups excluding carboxylic acids is 1. The molecule has 0 radical (unpaired) electrons. The van der Waals surface area contributed by atoms with Crippen LogP contribution in [0.3, 0.4) is 0 Å². The highest BCUT2D eigenvalue weighted by Gasteiger charge is 2.28. The van der Waals surface area contributed by atoms with Crippen molar-refractivity contribution in [2.24, 2.45) is 5.92 Å². The Labute approximate surface area is 113 Å². The van der Waals surface area contributed by atoms with E-state index in [1.807, 2.05) is 11.5 Å². The molecule has 1 aromatic heterocycles. The summed E-state index contributed by atoms with van der Waals surface area (Å²) in [6.07, 6.45) is 9.51. The summed E-state index contributed by atoms with van der Waals surface area (Å²) in [5.41, 5.74) is 0.624. The normalized spacial score (nSPS) is 14.3. The van der Waals surface area contributed by atoms with Crippen LogP contribution >= 0.6 is 11.6 Å². The average molecular weight is 265 g/mol. The number of terminal acetylenes is 1. The monoisotopic (exact) mass is 264 g/mol. The third kappa shape index (κ3) is 2.88. The lowest BCUT2D eigenvalue weighted by molar-refractivity contribution is 0.0759. The van der Waals surface area contributed by atoms with Gasteiger partial charge >= 0.3 is 0 Å². The molecular weight excluding hydrogens is 248 g/mol. The smallest absolute Gasteiger partial charge is 0.271 e. The predicted octanol–water partition coefficient (Wildman–Crippen LogP) is 2.65. The molecule has 0 bridgehead atoms. The molecule has 1 amide bonds. The van der Waals surface area contributed by atoms with Crippen molar-refractivity contribution in [2.75, 3.05) is 13.1 Å². The summed E-state index contributed by atoms with van der Waals surface area (Å²) in [4.78, 5) is 14.2. The molecule has 1 aliphatic rings. The number of carbonyl (C=O) groups is 1. The zero-order valence-corrected chi connectivity index (χ0v) is 11.3. The van der Waals surface area contributed by atoms with Gasteiger partial charge in [-0.2, -0.15) is 0 Å². The number of hydrogen-bond acceptors (Lipinski definition) is 1. The molecule has 0 saturated heterocycles. The van der Waals surface area contributed by atoms with E-state index in [0.717, 1.165) is 13.1 Å². The molecule has 1 fully saturated rings. The van der Waals surface area contributed by atoms with E-state index in [1.54, 1.807) is 17.2 Å². The number of rotatable bonds is 5. The lowest BCUT2D eigenvalue weighted by Crippen LogP contribution is -2.34. The van der Waals surface area contributed by atoms with Crippen LogP contribution in [0.1, 0.15) is 30.3 Å². The minimum absolute atomic E-state index is 0.0198. The van der Waals surface area contributed by atoms with E-state index in [0.29, 0.717) is 23.2 Å². The Hall–Kier alpha value is -1.40. The average Bonchev–Trinajstić information content (AvgIpc) is 3.08. The molecule has 96 valence electrons. The Balaban J connectivity index is 2.17. The highest BCUT2D eigenvalue weighted by atomic mass is 35.5. The number of nitrogens with zero attached hydrogens (tertiary/aromatic N) is 2. The summed E-state index contributed by atoms with van der Waals surface area (Å²) in [5, 5.41) is 0.590. The fourth-order valence-electron chi connectivity index (χ4n) is 2.02. The van der Waals surface area contributed by atoms with Crippen LogP contribution in [0.4, 0.5) is 0 Å². The SMILES string of the molecule is C#CCN(CC1CC1)C(=O)c1cc(Cl)cn1CC. The van der Waals surface area contributed by atoms with Crippen molar-refractivity contribution in [1.29, 1.82) is 0 Å². The molecule has 3 nitrogen and oxygen atoms in total. The molecule has 18 heavy (non-hydrogen) atoms. The van der Waals surface area contributed by atoms with Crippen molar-refractivity contribution in [3.05, 3.63) is 23.0 Å². The van der Waals surface area contributed by atoms with Crippen molar-refractivity contribution < 1.29 is 4.79 Å². The van der Waals surface area contributed by atoms with Gasteiger partial charge in [-0.15, -0.1) is 6.42 Å². The topological polar surface area (TPSA) is 25.2 Å². The summed E-state index contributed by atoms with van der Waals surface area (Å²) in [6, 6.07) is 1.71. The Kier molecular flexibility index (Phi) is 3.98. The van der Waals surface area contributed by atoms with Crippen LogP contribution in [-0.2, 0) is 6.54 Å². The second-order valence-corrected chi connectivity index (χ2v) is 5.10. The van der Waals surface area contributed by atoms with Crippen LogP contribution in [0.2, 0.25) is 5.02 Å². The lowest BCUT2D eigenvalue weighted by atomic mass is 10.3. The first-order chi connectivity index (χ1) is 8.65. The first-order valence-electron chi connectivity index (χ1n) is 6.24. The summed E-state index contributed by atoms with van der Waals surface area (Å²) in [6.45, 7) is 3.83. The van der Waals surface area contributed by atoms with Crippen molar-refractivity contribution >= 4 is 17.5 Å². The van der Waals surface area contributed by atoms with Gasteiger partial charge in [0, 0.05) is 19.3 Å². The molecule has 0 unspecified atom stereocenters. The standard InChI is InChI=1S/C14H17ClN2O/c1-3-7-17(9-11-5-6-11)14(18)13-8-12(15)10-16(13)4-2/h1,8,10-11H,4-7,9H2,2H3. The van der Waals surface area contributed by atoms with Gasteiger partial charge in [-0.05, 0) is 31.7 Å². The minimum atomic E-state index is -0.0198. The van der Waals surface area contributed by atoms with Gasteiger partial charge in [0.05, 0.1) is 11.6 Å². The number of halogens is 1. The van der Waals surface area contributed by atoms with Crippen LogP contribution in [0.5, 0.6) is 0 Å². The largest absolute Gasteiger partial charge is 0.342 e. The third-order valence-corrected chi connectivity index (χ3v) is 3.37. The Morgan fingerprint density at radius 1 is 1.67 bits per heavy atom. The van der Waals surface area contributed by atoms with Crippen LogP contribution in [0.15, 0.2) is 12.3 Å². The molecule has 4 heteroatoms. The Morgan fingerprint density at radius 2 is 2.39 bits per heavy atom. The third-order valence-electron chi connectivity index (χ3n) is 3.17. The van der Waals surface area contributed by atoms with E-state index < -0.39 is 0 Å². The number of aromatic nitrogens is 1. The predicted molar refractivity (Wildman–Crippen MR) is 72.6 cm³/mol. The van der Waals surface area contributed by atoms with Gasteiger partial charge in [0.15, 0.2) is 0 Å². The molecule has 0 aliphatic heterocycles.